The van der Waals surface area contributed by atoms with Gasteiger partial charge >= 0.3 is 0 Å². The van der Waals surface area contributed by atoms with Crippen LogP contribution in [0.15, 0.2) is 18.2 Å². The maximum atomic E-state index is 11.1. The molecule has 0 unspecified atom stereocenters. The molecule has 128 valence electrons. The SMILES string of the molecule is CS(=O)(=O)NCCCN1CCC[C@@H]1c1ccc2c(c1)OCCO2. The van der Waals surface area contributed by atoms with Crippen LogP contribution >= 0.6 is 0 Å². The van der Waals surface area contributed by atoms with E-state index in [9.17, 15) is 8.42 Å². The molecule has 0 aromatic heterocycles. The summed E-state index contributed by atoms with van der Waals surface area (Å²) in [5.74, 6) is 1.65. The Morgan fingerprint density at radius 1 is 1.26 bits per heavy atom. The van der Waals surface area contributed by atoms with Gasteiger partial charge in [0.1, 0.15) is 13.2 Å². The number of nitrogens with one attached hydrogen (secondary N) is 1. The summed E-state index contributed by atoms with van der Waals surface area (Å²) in [6.07, 6.45) is 4.30. The Bertz CT molecular complexity index is 647. The molecule has 2 heterocycles. The lowest BCUT2D eigenvalue weighted by molar-refractivity contribution is 0.170. The Kier molecular flexibility index (Phi) is 5.08. The maximum Gasteiger partial charge on any atom is 0.208 e. The van der Waals surface area contributed by atoms with E-state index in [0.717, 1.165) is 37.4 Å². The molecule has 7 heteroatoms. The molecule has 1 atom stereocenters. The molecule has 1 saturated heterocycles. The van der Waals surface area contributed by atoms with Crippen molar-refractivity contribution in [1.82, 2.24) is 9.62 Å². The van der Waals surface area contributed by atoms with Gasteiger partial charge in [0.05, 0.1) is 6.26 Å². The molecule has 0 aliphatic carbocycles. The van der Waals surface area contributed by atoms with Crippen LogP contribution < -0.4 is 14.2 Å². The van der Waals surface area contributed by atoms with E-state index >= 15 is 0 Å². The van der Waals surface area contributed by atoms with Crippen molar-refractivity contribution >= 4 is 10.0 Å². The van der Waals surface area contributed by atoms with Crippen LogP contribution in [-0.2, 0) is 10.0 Å². The Balaban J connectivity index is 1.60. The molecule has 0 radical (unpaired) electrons. The normalized spacial score (nSPS) is 21.5. The average molecular weight is 340 g/mol. The number of fused-ring (bicyclic) bond motifs is 1. The third-order valence-electron chi connectivity index (χ3n) is 4.30. The first-order valence-electron chi connectivity index (χ1n) is 8.11. The smallest absolute Gasteiger partial charge is 0.208 e. The van der Waals surface area contributed by atoms with E-state index in [2.05, 4.69) is 21.8 Å². The minimum Gasteiger partial charge on any atom is -0.486 e. The Morgan fingerprint density at radius 2 is 2.04 bits per heavy atom. The first kappa shape index (κ1) is 16.5. The zero-order valence-corrected chi connectivity index (χ0v) is 14.3. The number of sulfonamides is 1. The van der Waals surface area contributed by atoms with Crippen molar-refractivity contribution in [2.24, 2.45) is 0 Å². The molecule has 1 aromatic rings. The minimum atomic E-state index is -3.09. The Morgan fingerprint density at radius 3 is 2.83 bits per heavy atom. The largest absolute Gasteiger partial charge is 0.486 e. The summed E-state index contributed by atoms with van der Waals surface area (Å²) in [7, 11) is -3.09. The number of nitrogens with zero attached hydrogens (tertiary/aromatic N) is 1. The van der Waals surface area contributed by atoms with Crippen LogP contribution in [0.3, 0.4) is 0 Å². The summed E-state index contributed by atoms with van der Waals surface area (Å²) in [4.78, 5) is 2.43. The number of hydrogen-bond donors (Lipinski definition) is 1. The highest BCUT2D eigenvalue weighted by atomic mass is 32.2. The van der Waals surface area contributed by atoms with E-state index < -0.39 is 10.0 Å². The fourth-order valence-corrected chi connectivity index (χ4v) is 3.79. The van der Waals surface area contributed by atoms with Crippen LogP contribution in [0.1, 0.15) is 30.9 Å². The van der Waals surface area contributed by atoms with Crippen molar-refractivity contribution in [3.63, 3.8) is 0 Å². The van der Waals surface area contributed by atoms with Gasteiger partial charge in [0.2, 0.25) is 10.0 Å². The monoisotopic (exact) mass is 340 g/mol. The van der Waals surface area contributed by atoms with Crippen LogP contribution in [0.25, 0.3) is 0 Å². The fraction of sp³-hybridized carbons (Fsp3) is 0.625. The Labute approximate surface area is 137 Å². The number of rotatable bonds is 6. The molecule has 2 aliphatic heterocycles. The first-order chi connectivity index (χ1) is 11.0. The second kappa shape index (κ2) is 7.07. The molecule has 0 bridgehead atoms. The lowest BCUT2D eigenvalue weighted by Crippen LogP contribution is -2.29. The number of hydrogen-bond acceptors (Lipinski definition) is 5. The number of ether oxygens (including phenoxy) is 2. The maximum absolute atomic E-state index is 11.1. The predicted molar refractivity (Wildman–Crippen MR) is 88.4 cm³/mol. The van der Waals surface area contributed by atoms with Gasteiger partial charge in [-0.15, -0.1) is 0 Å². The predicted octanol–water partition coefficient (Wildman–Crippen LogP) is 1.53. The second-order valence-electron chi connectivity index (χ2n) is 6.12. The molecular weight excluding hydrogens is 316 g/mol. The van der Waals surface area contributed by atoms with Crippen LogP contribution in [-0.4, -0.2) is 52.4 Å². The quantitative estimate of drug-likeness (QED) is 0.796. The highest BCUT2D eigenvalue weighted by Crippen LogP contribution is 2.37. The van der Waals surface area contributed by atoms with E-state index in [1.807, 2.05) is 6.07 Å². The second-order valence-corrected chi connectivity index (χ2v) is 7.95. The molecule has 1 fully saturated rings. The molecule has 3 rings (SSSR count). The van der Waals surface area contributed by atoms with Gasteiger partial charge < -0.3 is 9.47 Å². The highest BCUT2D eigenvalue weighted by Gasteiger charge is 2.26. The average Bonchev–Trinajstić information content (AvgIpc) is 2.98. The van der Waals surface area contributed by atoms with Crippen molar-refractivity contribution in [2.45, 2.75) is 25.3 Å². The molecule has 1 aromatic carbocycles. The van der Waals surface area contributed by atoms with Gasteiger partial charge in [0.25, 0.3) is 0 Å². The van der Waals surface area contributed by atoms with Gasteiger partial charge in [-0.1, -0.05) is 6.07 Å². The van der Waals surface area contributed by atoms with E-state index in [0.29, 0.717) is 25.8 Å². The van der Waals surface area contributed by atoms with E-state index in [1.165, 1.54) is 18.2 Å². The number of benzene rings is 1. The first-order valence-corrected chi connectivity index (χ1v) is 10.0. The summed E-state index contributed by atoms with van der Waals surface area (Å²) < 4.78 is 36.0. The molecule has 6 nitrogen and oxygen atoms in total. The van der Waals surface area contributed by atoms with Crippen LogP contribution in [0.5, 0.6) is 11.5 Å². The van der Waals surface area contributed by atoms with Gasteiger partial charge in [0.15, 0.2) is 11.5 Å². The van der Waals surface area contributed by atoms with Crippen molar-refractivity contribution in [2.75, 3.05) is 39.1 Å². The van der Waals surface area contributed by atoms with Crippen molar-refractivity contribution in [3.05, 3.63) is 23.8 Å². The fourth-order valence-electron chi connectivity index (χ4n) is 3.28. The van der Waals surface area contributed by atoms with Crippen LogP contribution in [0.2, 0.25) is 0 Å². The summed E-state index contributed by atoms with van der Waals surface area (Å²) in [5, 5.41) is 0. The Hall–Kier alpha value is -1.31. The molecule has 0 saturated carbocycles. The van der Waals surface area contributed by atoms with Crippen molar-refractivity contribution in [1.29, 1.82) is 0 Å². The topological polar surface area (TPSA) is 67.9 Å². The van der Waals surface area contributed by atoms with E-state index in [1.54, 1.807) is 0 Å². The third kappa shape index (κ3) is 4.37. The van der Waals surface area contributed by atoms with Gasteiger partial charge in [-0.2, -0.15) is 0 Å². The van der Waals surface area contributed by atoms with Crippen LogP contribution in [0.4, 0.5) is 0 Å². The molecule has 0 amide bonds. The zero-order valence-electron chi connectivity index (χ0n) is 13.5. The molecule has 2 aliphatic rings. The number of likely N-dealkylation sites (tertiary alicyclic amines) is 1. The summed E-state index contributed by atoms with van der Waals surface area (Å²) >= 11 is 0. The summed E-state index contributed by atoms with van der Waals surface area (Å²) in [5.41, 5.74) is 1.25. The van der Waals surface area contributed by atoms with Gasteiger partial charge in [-0.05, 0) is 50.0 Å². The van der Waals surface area contributed by atoms with Crippen molar-refractivity contribution in [3.8, 4) is 11.5 Å². The zero-order chi connectivity index (χ0) is 16.3. The van der Waals surface area contributed by atoms with Gasteiger partial charge in [-0.25, -0.2) is 13.1 Å². The lowest BCUT2D eigenvalue weighted by Gasteiger charge is -2.26. The van der Waals surface area contributed by atoms with E-state index in [4.69, 9.17) is 9.47 Å². The standard InChI is InChI=1S/C16H24N2O4S/c1-23(19,20)17-7-3-9-18-8-2-4-14(18)13-5-6-15-16(12-13)22-11-10-21-15/h5-6,12,14,17H,2-4,7-11H2,1H3/t14-/m1/s1. The molecular formula is C16H24N2O4S. The molecule has 23 heavy (non-hydrogen) atoms. The molecule has 0 spiro atoms. The summed E-state index contributed by atoms with van der Waals surface area (Å²) in [6, 6.07) is 6.58. The van der Waals surface area contributed by atoms with Gasteiger partial charge in [-0.3, -0.25) is 4.90 Å². The highest BCUT2D eigenvalue weighted by molar-refractivity contribution is 7.88. The summed E-state index contributed by atoms with van der Waals surface area (Å²) in [6.45, 7) is 3.64. The third-order valence-corrected chi connectivity index (χ3v) is 5.03. The van der Waals surface area contributed by atoms with Crippen molar-refractivity contribution < 1.29 is 17.9 Å². The molecule has 1 N–H and O–H groups in total. The van der Waals surface area contributed by atoms with E-state index in [-0.39, 0.29) is 0 Å². The lowest BCUT2D eigenvalue weighted by atomic mass is 10.0. The van der Waals surface area contributed by atoms with Crippen LogP contribution in [0, 0.1) is 0 Å². The van der Waals surface area contributed by atoms with Gasteiger partial charge in [0, 0.05) is 12.6 Å². The minimum absolute atomic E-state index is 0.379.